The van der Waals surface area contributed by atoms with Gasteiger partial charge in [-0.25, -0.2) is 0 Å². The summed E-state index contributed by atoms with van der Waals surface area (Å²) in [5.74, 6) is -1.12. The number of hydrogen-bond donors (Lipinski definition) is 2. The first kappa shape index (κ1) is 12.5. The molecule has 4 atom stereocenters. The molecular formula is C13H14ClNO4. The normalized spacial score (nSPS) is 32.5. The maximum atomic E-state index is 12.0. The molecule has 2 aliphatic rings. The molecule has 1 aromatic heterocycles. The fraction of sp³-hybridized carbons (Fsp3) is 0.538. The lowest BCUT2D eigenvalue weighted by Crippen LogP contribution is -2.46. The lowest BCUT2D eigenvalue weighted by atomic mass is 9.84. The molecule has 4 unspecified atom stereocenters. The highest BCUT2D eigenvalue weighted by Crippen LogP contribution is 2.48. The van der Waals surface area contributed by atoms with Crippen LogP contribution in [0.2, 0.25) is 5.22 Å². The number of furan rings is 1. The molecule has 3 rings (SSSR count). The maximum absolute atomic E-state index is 12.0. The second kappa shape index (κ2) is 4.56. The number of carboxylic acids is 1. The number of halogens is 1. The standard InChI is InChI=1S/C13H14ClNO4/c14-9-4-3-8(19-9)12(16)15-11-7-2-1-6(5-7)10(11)13(17)18/h3-4,6-7,10-11H,1-2,5H2,(H,15,16)(H,17,18). The van der Waals surface area contributed by atoms with E-state index in [9.17, 15) is 14.7 Å². The Bertz CT molecular complexity index is 526. The van der Waals surface area contributed by atoms with E-state index in [1.807, 2.05) is 0 Å². The molecule has 0 spiro atoms. The highest BCUT2D eigenvalue weighted by molar-refractivity contribution is 6.29. The Morgan fingerprint density at radius 3 is 2.68 bits per heavy atom. The molecular weight excluding hydrogens is 270 g/mol. The van der Waals surface area contributed by atoms with Crippen LogP contribution in [0.25, 0.3) is 0 Å². The number of hydrogen-bond acceptors (Lipinski definition) is 3. The number of nitrogens with one attached hydrogen (secondary N) is 1. The Labute approximate surface area is 114 Å². The van der Waals surface area contributed by atoms with Crippen molar-refractivity contribution in [3.63, 3.8) is 0 Å². The molecule has 19 heavy (non-hydrogen) atoms. The van der Waals surface area contributed by atoms with Gasteiger partial charge in [-0.2, -0.15) is 0 Å². The molecule has 1 amide bonds. The predicted molar refractivity (Wildman–Crippen MR) is 66.9 cm³/mol. The molecule has 6 heteroatoms. The summed E-state index contributed by atoms with van der Waals surface area (Å²) in [6, 6.07) is 2.68. The van der Waals surface area contributed by atoms with Crippen molar-refractivity contribution in [1.82, 2.24) is 5.32 Å². The van der Waals surface area contributed by atoms with Crippen molar-refractivity contribution in [2.75, 3.05) is 0 Å². The summed E-state index contributed by atoms with van der Waals surface area (Å²) in [6.07, 6.45) is 2.82. The molecule has 0 radical (unpaired) electrons. The average molecular weight is 284 g/mol. The van der Waals surface area contributed by atoms with Gasteiger partial charge in [0.05, 0.1) is 5.92 Å². The van der Waals surface area contributed by atoms with Crippen molar-refractivity contribution >= 4 is 23.5 Å². The van der Waals surface area contributed by atoms with Crippen LogP contribution in [-0.2, 0) is 4.79 Å². The minimum atomic E-state index is -0.824. The second-order valence-electron chi connectivity index (χ2n) is 5.30. The number of carbonyl (C=O) groups excluding carboxylic acids is 1. The van der Waals surface area contributed by atoms with Crippen molar-refractivity contribution in [3.8, 4) is 0 Å². The molecule has 2 aliphatic carbocycles. The summed E-state index contributed by atoms with van der Waals surface area (Å²) in [6.45, 7) is 0. The quantitative estimate of drug-likeness (QED) is 0.891. The van der Waals surface area contributed by atoms with Crippen LogP contribution in [0.1, 0.15) is 29.8 Å². The zero-order valence-corrected chi connectivity index (χ0v) is 10.9. The van der Waals surface area contributed by atoms with Crippen LogP contribution in [0.3, 0.4) is 0 Å². The van der Waals surface area contributed by atoms with Crippen LogP contribution in [-0.4, -0.2) is 23.0 Å². The third kappa shape index (κ3) is 2.12. The highest BCUT2D eigenvalue weighted by Gasteiger charge is 2.51. The first-order chi connectivity index (χ1) is 9.06. The van der Waals surface area contributed by atoms with Crippen LogP contribution >= 0.6 is 11.6 Å². The minimum Gasteiger partial charge on any atom is -0.481 e. The number of carboxylic acid groups (broad SMARTS) is 1. The summed E-state index contributed by atoms with van der Waals surface area (Å²) in [5.41, 5.74) is 0. The van der Waals surface area contributed by atoms with Crippen molar-refractivity contribution in [2.45, 2.75) is 25.3 Å². The molecule has 2 N–H and O–H groups in total. The highest BCUT2D eigenvalue weighted by atomic mass is 35.5. The fourth-order valence-corrected chi connectivity index (χ4v) is 3.66. The maximum Gasteiger partial charge on any atom is 0.308 e. The van der Waals surface area contributed by atoms with Crippen LogP contribution in [0, 0.1) is 17.8 Å². The lowest BCUT2D eigenvalue weighted by molar-refractivity contribution is -0.144. The van der Waals surface area contributed by atoms with E-state index >= 15 is 0 Å². The molecule has 102 valence electrons. The molecule has 2 saturated carbocycles. The topological polar surface area (TPSA) is 79.5 Å². The molecule has 2 bridgehead atoms. The van der Waals surface area contributed by atoms with Gasteiger partial charge in [-0.15, -0.1) is 0 Å². The van der Waals surface area contributed by atoms with E-state index in [4.69, 9.17) is 16.0 Å². The largest absolute Gasteiger partial charge is 0.481 e. The Hall–Kier alpha value is -1.49. The monoisotopic (exact) mass is 283 g/mol. The second-order valence-corrected chi connectivity index (χ2v) is 5.67. The first-order valence-corrected chi connectivity index (χ1v) is 6.73. The van der Waals surface area contributed by atoms with Crippen molar-refractivity contribution in [2.24, 2.45) is 17.8 Å². The van der Waals surface area contributed by atoms with E-state index in [1.54, 1.807) is 0 Å². The molecule has 0 saturated heterocycles. The van der Waals surface area contributed by atoms with Crippen molar-refractivity contribution < 1.29 is 19.1 Å². The summed E-state index contributed by atoms with van der Waals surface area (Å²) < 4.78 is 5.04. The predicted octanol–water partition coefficient (Wildman–Crippen LogP) is 2.16. The summed E-state index contributed by atoms with van der Waals surface area (Å²) >= 11 is 5.62. The van der Waals surface area contributed by atoms with Crippen LogP contribution in [0.15, 0.2) is 16.5 Å². The van der Waals surface area contributed by atoms with Crippen LogP contribution in [0.4, 0.5) is 0 Å². The lowest BCUT2D eigenvalue weighted by Gasteiger charge is -2.28. The first-order valence-electron chi connectivity index (χ1n) is 6.35. The molecule has 0 aliphatic heterocycles. The smallest absolute Gasteiger partial charge is 0.308 e. The zero-order chi connectivity index (χ0) is 13.6. The SMILES string of the molecule is O=C(NC1C2CCC(C2)C1C(=O)O)c1ccc(Cl)o1. The van der Waals surface area contributed by atoms with E-state index in [-0.39, 0.29) is 28.9 Å². The Morgan fingerprint density at radius 1 is 1.32 bits per heavy atom. The Balaban J connectivity index is 1.75. The van der Waals surface area contributed by atoms with Crippen molar-refractivity contribution in [3.05, 3.63) is 23.1 Å². The van der Waals surface area contributed by atoms with Gasteiger partial charge in [-0.1, -0.05) is 0 Å². The van der Waals surface area contributed by atoms with E-state index < -0.39 is 17.8 Å². The molecule has 1 aromatic rings. The third-order valence-electron chi connectivity index (χ3n) is 4.30. The zero-order valence-electron chi connectivity index (χ0n) is 10.1. The van der Waals surface area contributed by atoms with E-state index in [0.29, 0.717) is 0 Å². The number of carbonyl (C=O) groups is 2. The van der Waals surface area contributed by atoms with Gasteiger partial charge in [0.1, 0.15) is 0 Å². The van der Waals surface area contributed by atoms with Gasteiger partial charge in [0.25, 0.3) is 5.91 Å². The summed E-state index contributed by atoms with van der Waals surface area (Å²) in [4.78, 5) is 23.3. The van der Waals surface area contributed by atoms with Gasteiger partial charge in [-0.3, -0.25) is 9.59 Å². The molecule has 0 aromatic carbocycles. The number of fused-ring (bicyclic) bond motifs is 2. The third-order valence-corrected chi connectivity index (χ3v) is 4.50. The molecule has 1 heterocycles. The Kier molecular flexibility index (Phi) is 3.01. The summed E-state index contributed by atoms with van der Waals surface area (Å²) in [7, 11) is 0. The van der Waals surface area contributed by atoms with Gasteiger partial charge < -0.3 is 14.8 Å². The number of amides is 1. The van der Waals surface area contributed by atoms with Crippen molar-refractivity contribution in [1.29, 1.82) is 0 Å². The average Bonchev–Trinajstić information content (AvgIpc) is 3.03. The van der Waals surface area contributed by atoms with Gasteiger partial charge in [-0.05, 0) is 54.8 Å². The minimum absolute atomic E-state index is 0.122. The van der Waals surface area contributed by atoms with E-state index in [0.717, 1.165) is 19.3 Å². The summed E-state index contributed by atoms with van der Waals surface area (Å²) in [5, 5.41) is 12.2. The van der Waals surface area contributed by atoms with Gasteiger partial charge in [0, 0.05) is 6.04 Å². The van der Waals surface area contributed by atoms with E-state index in [1.165, 1.54) is 12.1 Å². The van der Waals surface area contributed by atoms with E-state index in [2.05, 4.69) is 5.32 Å². The van der Waals surface area contributed by atoms with Gasteiger partial charge >= 0.3 is 5.97 Å². The van der Waals surface area contributed by atoms with Gasteiger partial charge in [0.15, 0.2) is 11.0 Å². The van der Waals surface area contributed by atoms with Crippen LogP contribution < -0.4 is 5.32 Å². The van der Waals surface area contributed by atoms with Crippen LogP contribution in [0.5, 0.6) is 0 Å². The molecule has 5 nitrogen and oxygen atoms in total. The fourth-order valence-electron chi connectivity index (χ4n) is 3.51. The van der Waals surface area contributed by atoms with Gasteiger partial charge in [0.2, 0.25) is 0 Å². The number of aliphatic carboxylic acids is 1. The Morgan fingerprint density at radius 2 is 2.05 bits per heavy atom. The molecule has 2 fully saturated rings. The number of rotatable bonds is 3.